The summed E-state index contributed by atoms with van der Waals surface area (Å²) in [6.45, 7) is 7.77. The number of aliphatic hydroxyl groups excluding tert-OH is 2. The lowest BCUT2D eigenvalue weighted by molar-refractivity contribution is -0.274. The Morgan fingerprint density at radius 2 is 1.32 bits per heavy atom. The second-order valence-corrected chi connectivity index (χ2v) is 19.1. The standard InChI is InChI=1S/C24H21F3N2O5S.C18H20Cl2F3N3O4S.C2H4F2O/c1-3-15(30)12-29-22-19(21(31)28-23(29)32)13(2)20(35-22)14-4-6-16(7-5-14)33-17-8-10-18(11-9-17)34-24(25,26)27;1-8(10-5-4-9(19)6-11(10)20)30-17(2,3)31-15-13(24)14(28)25-16(29)26(15)7-12(27)18(21,22)23;1-2(3,4)5/h4-11,15,30H,3,12H2,1-2H3,(H,28,31,32);4-6,8,12,27H,7,24H2,1-3H3,(H,25,28,29);5H,1H3/t;8-,12?;/m.1./s1. The van der Waals surface area contributed by atoms with Gasteiger partial charge in [0.2, 0.25) is 0 Å². The lowest BCUT2D eigenvalue weighted by Gasteiger charge is -2.30. The highest BCUT2D eigenvalue weighted by Crippen LogP contribution is 2.41. The summed E-state index contributed by atoms with van der Waals surface area (Å²) in [6, 6.07) is 16.8. The van der Waals surface area contributed by atoms with Gasteiger partial charge in [0, 0.05) is 21.8 Å². The van der Waals surface area contributed by atoms with E-state index in [4.69, 9.17) is 43.5 Å². The maximum Gasteiger partial charge on any atom is 0.573 e. The molecular formula is C44H45Cl2F8N5O10S2. The molecule has 2 unspecified atom stereocenters. The highest BCUT2D eigenvalue weighted by atomic mass is 35.5. The maximum absolute atomic E-state index is 12.8. The number of aromatic amines is 2. The first kappa shape index (κ1) is 58.2. The predicted molar refractivity (Wildman–Crippen MR) is 253 cm³/mol. The molecule has 0 fully saturated rings. The van der Waals surface area contributed by atoms with E-state index in [1.54, 1.807) is 71.0 Å². The minimum absolute atomic E-state index is 0.0710. The first-order valence-electron chi connectivity index (χ1n) is 20.6. The third-order valence-corrected chi connectivity index (χ3v) is 12.6. The second-order valence-electron chi connectivity index (χ2n) is 15.7. The molecular weight excluding hydrogens is 1050 g/mol. The molecule has 0 aliphatic heterocycles. The number of aryl methyl sites for hydroxylation is 1. The molecule has 0 aliphatic rings. The molecule has 6 rings (SSSR count). The van der Waals surface area contributed by atoms with E-state index in [1.807, 2.05) is 4.98 Å². The average Bonchev–Trinajstić information content (AvgIpc) is 3.59. The first-order valence-corrected chi connectivity index (χ1v) is 22.9. The van der Waals surface area contributed by atoms with Crippen molar-refractivity contribution >= 4 is 62.2 Å². The number of hydrogen-bond donors (Lipinski definition) is 6. The molecule has 7 N–H and O–H groups in total. The molecule has 0 bridgehead atoms. The van der Waals surface area contributed by atoms with Crippen LogP contribution in [0.4, 0.5) is 40.8 Å². The van der Waals surface area contributed by atoms with Crippen LogP contribution in [0.25, 0.3) is 20.7 Å². The van der Waals surface area contributed by atoms with Crippen LogP contribution in [0.2, 0.25) is 10.0 Å². The number of H-pyrrole nitrogens is 2. The molecule has 3 aromatic heterocycles. The number of thioether (sulfide) groups is 1. The van der Waals surface area contributed by atoms with Crippen molar-refractivity contribution in [3.8, 4) is 27.7 Å². The number of benzene rings is 3. The number of rotatable bonds is 14. The van der Waals surface area contributed by atoms with Crippen molar-refractivity contribution in [2.24, 2.45) is 0 Å². The quantitative estimate of drug-likeness (QED) is 0.0260. The molecule has 6 aromatic rings. The van der Waals surface area contributed by atoms with Gasteiger partial charge in [-0.15, -0.1) is 24.5 Å². The number of nitrogen functional groups attached to an aromatic ring is 1. The molecule has 3 aromatic carbocycles. The van der Waals surface area contributed by atoms with E-state index in [0.717, 1.165) is 34.3 Å². The number of halogens is 10. The number of fused-ring (bicyclic) bond motifs is 1. The zero-order chi connectivity index (χ0) is 53.6. The zero-order valence-corrected chi connectivity index (χ0v) is 41.1. The fourth-order valence-electron chi connectivity index (χ4n) is 6.27. The Morgan fingerprint density at radius 3 is 1.85 bits per heavy atom. The molecule has 3 heterocycles. The highest BCUT2D eigenvalue weighted by molar-refractivity contribution is 8.00. The van der Waals surface area contributed by atoms with Gasteiger partial charge in [-0.2, -0.15) is 22.0 Å². The van der Waals surface area contributed by atoms with Gasteiger partial charge in [-0.3, -0.25) is 28.7 Å². The van der Waals surface area contributed by atoms with Crippen LogP contribution in [0.3, 0.4) is 0 Å². The summed E-state index contributed by atoms with van der Waals surface area (Å²) in [5.41, 5.74) is 4.21. The molecule has 0 saturated heterocycles. The Kier molecular flexibility index (Phi) is 19.2. The third-order valence-electron chi connectivity index (χ3n) is 9.46. The van der Waals surface area contributed by atoms with Crippen LogP contribution in [0, 0.1) is 6.92 Å². The number of nitrogens with two attached hydrogens (primary N) is 1. The minimum Gasteiger partial charge on any atom is -0.457 e. The molecule has 0 spiro atoms. The van der Waals surface area contributed by atoms with Gasteiger partial charge >= 0.3 is 30.0 Å². The Hall–Kier alpha value is -5.41. The van der Waals surface area contributed by atoms with Crippen molar-refractivity contribution in [2.75, 3.05) is 5.73 Å². The molecule has 3 atom stereocenters. The van der Waals surface area contributed by atoms with Crippen LogP contribution in [0.15, 0.2) is 90.9 Å². The van der Waals surface area contributed by atoms with Gasteiger partial charge in [0.1, 0.15) is 37.7 Å². The van der Waals surface area contributed by atoms with Crippen LogP contribution in [-0.2, 0) is 17.8 Å². The molecule has 0 radical (unpaired) electrons. The van der Waals surface area contributed by atoms with Crippen molar-refractivity contribution in [2.45, 2.75) is 108 Å². The largest absolute Gasteiger partial charge is 0.573 e. The van der Waals surface area contributed by atoms with Crippen molar-refractivity contribution in [1.82, 2.24) is 19.1 Å². The van der Waals surface area contributed by atoms with Crippen LogP contribution >= 0.6 is 46.3 Å². The molecule has 27 heteroatoms. The summed E-state index contributed by atoms with van der Waals surface area (Å²) in [5.74, 6) is 0.438. The predicted octanol–water partition coefficient (Wildman–Crippen LogP) is 9.73. The fraction of sp³-hybridized carbons (Fsp3) is 0.364. The topological polar surface area (TPSA) is 224 Å². The highest BCUT2D eigenvalue weighted by Gasteiger charge is 2.40. The number of hydrogen-bond acceptors (Lipinski definition) is 13. The molecule has 0 amide bonds. The van der Waals surface area contributed by atoms with Crippen LogP contribution < -0.4 is 37.7 Å². The van der Waals surface area contributed by atoms with E-state index in [1.165, 1.54) is 34.1 Å². The van der Waals surface area contributed by atoms with Gasteiger partial charge in [0.15, 0.2) is 6.10 Å². The smallest absolute Gasteiger partial charge is 0.457 e. The first-order chi connectivity index (χ1) is 32.7. The van der Waals surface area contributed by atoms with E-state index in [2.05, 4.69) is 9.72 Å². The molecule has 0 saturated carbocycles. The van der Waals surface area contributed by atoms with Crippen molar-refractivity contribution in [3.05, 3.63) is 130 Å². The van der Waals surface area contributed by atoms with Gasteiger partial charge in [0.25, 0.3) is 11.1 Å². The van der Waals surface area contributed by atoms with E-state index in [-0.39, 0.29) is 17.3 Å². The lowest BCUT2D eigenvalue weighted by Crippen LogP contribution is -2.41. The third kappa shape index (κ3) is 16.8. The number of anilines is 1. The maximum atomic E-state index is 12.8. The molecule has 71 heavy (non-hydrogen) atoms. The summed E-state index contributed by atoms with van der Waals surface area (Å²) >= 11 is 14.1. The molecule has 388 valence electrons. The Bertz CT molecular complexity index is 3020. The summed E-state index contributed by atoms with van der Waals surface area (Å²) in [4.78, 5) is 53.3. The van der Waals surface area contributed by atoms with E-state index >= 15 is 0 Å². The SMILES string of the molecule is CC(O)(F)F.CCC(O)Cn1c(=O)[nH]c(=O)c2c(C)c(-c3ccc(Oc4ccc(OC(F)(F)F)cc4)cc3)sc21.C[C@@H](OC(C)(C)Sc1c(N)c(=O)[nH]c(=O)n1CC(O)C(F)(F)F)c1ccc(Cl)cc1Cl. The van der Waals surface area contributed by atoms with E-state index in [9.17, 15) is 64.5 Å². The van der Waals surface area contributed by atoms with Gasteiger partial charge < -0.3 is 35.3 Å². The van der Waals surface area contributed by atoms with Crippen LogP contribution in [0.5, 0.6) is 17.2 Å². The van der Waals surface area contributed by atoms with Crippen LogP contribution in [0.1, 0.15) is 58.3 Å². The van der Waals surface area contributed by atoms with Crippen molar-refractivity contribution in [3.63, 3.8) is 0 Å². The van der Waals surface area contributed by atoms with Crippen molar-refractivity contribution < 1.29 is 64.7 Å². The van der Waals surface area contributed by atoms with Crippen molar-refractivity contribution in [1.29, 1.82) is 0 Å². The van der Waals surface area contributed by atoms with Gasteiger partial charge in [-0.05, 0) is 111 Å². The number of thiophene rings is 1. The minimum atomic E-state index is -4.97. The summed E-state index contributed by atoms with van der Waals surface area (Å²) in [6.07, 6.45) is -16.9. The number of aromatic nitrogens is 4. The average molecular weight is 1090 g/mol. The number of aliphatic hydroxyl groups is 3. The lowest BCUT2D eigenvalue weighted by atomic mass is 10.1. The summed E-state index contributed by atoms with van der Waals surface area (Å²) < 4.78 is 114. The Balaban J connectivity index is 0.000000284. The monoisotopic (exact) mass is 1090 g/mol. The zero-order valence-electron chi connectivity index (χ0n) is 38.0. The number of alkyl halides is 8. The number of ether oxygens (including phenoxy) is 3. The number of nitrogens with zero attached hydrogens (tertiary/aromatic N) is 2. The fourth-order valence-corrected chi connectivity index (χ4v) is 9.28. The summed E-state index contributed by atoms with van der Waals surface area (Å²) in [5, 5.41) is 27.6. The Labute approximate surface area is 415 Å². The van der Waals surface area contributed by atoms with Gasteiger partial charge in [0.05, 0.1) is 30.7 Å². The second kappa shape index (κ2) is 23.4. The van der Waals surface area contributed by atoms with Crippen LogP contribution in [-0.4, -0.2) is 70.2 Å². The molecule has 15 nitrogen and oxygen atoms in total. The van der Waals surface area contributed by atoms with Gasteiger partial charge in [-0.1, -0.05) is 48.0 Å². The normalized spacial score (nSPS) is 13.4. The van der Waals surface area contributed by atoms with E-state index < -0.39 is 76.6 Å². The summed E-state index contributed by atoms with van der Waals surface area (Å²) in [7, 11) is 0. The van der Waals surface area contributed by atoms with Gasteiger partial charge in [-0.25, -0.2) is 9.59 Å². The Morgan fingerprint density at radius 1 is 0.803 bits per heavy atom. The van der Waals surface area contributed by atoms with E-state index in [0.29, 0.717) is 60.8 Å². The molecule has 0 aliphatic carbocycles. The number of nitrogens with one attached hydrogen (secondary N) is 2.